The van der Waals surface area contributed by atoms with Gasteiger partial charge in [0, 0.05) is 150 Å². The van der Waals surface area contributed by atoms with Gasteiger partial charge in [0.2, 0.25) is 0 Å². The van der Waals surface area contributed by atoms with E-state index in [1.165, 1.54) is 23.1 Å². The van der Waals surface area contributed by atoms with Crippen LogP contribution in [0.2, 0.25) is 0 Å². The summed E-state index contributed by atoms with van der Waals surface area (Å²) in [7, 11) is 0. The third kappa shape index (κ3) is 24.7. The molecule has 24 N–H and O–H groups in total. The van der Waals surface area contributed by atoms with Crippen LogP contribution in [0, 0.1) is 0 Å². The third-order valence-electron chi connectivity index (χ3n) is 24.8. The van der Waals surface area contributed by atoms with Crippen molar-refractivity contribution in [2.24, 2.45) is 0 Å². The molecular weight excluding hydrogens is 1930 g/mol. The number of fused-ring (bicyclic) bond motifs is 8. The number of anilines is 8. The zero-order valence-corrected chi connectivity index (χ0v) is 88.5. The summed E-state index contributed by atoms with van der Waals surface area (Å²) >= 11 is 6.18. The Hall–Kier alpha value is -15.3. The molecule has 8 heterocycles. The molecule has 22 rings (SSSR count). The molecule has 0 saturated carbocycles. The molecule has 760 valence electrons. The second-order valence-corrected chi connectivity index (χ2v) is 43.9. The van der Waals surface area contributed by atoms with Gasteiger partial charge in [0.15, 0.2) is 11.2 Å². The van der Waals surface area contributed by atoms with Gasteiger partial charge in [-0.1, -0.05) is 168 Å². The van der Waals surface area contributed by atoms with E-state index in [2.05, 4.69) is 29.0 Å². The van der Waals surface area contributed by atoms with E-state index >= 15 is 0 Å². The number of nitrogens with two attached hydrogens (primary N) is 8. The predicted octanol–water partition coefficient (Wildman–Crippen LogP) is 25.2. The monoisotopic (exact) mass is 2050 g/mol. The standard InChI is InChI=1S/2C16H17N3O.2C16H16N2O2.2C16H16N2OS.2C11H13NOS/c1-16(2,20)12-8-15-14(9-13(12)17)18-10-19(15)11-6-4-3-5-7-11;1-16(2,20)12-8-14-15(9-13(12)17)19(10-18-14)11-6-4-3-5-7-11;1-16(2,19)12-9-14-11(8-13(12)17)15(18-20-14)10-6-4-3-5-7-10;1-16(2,19)12-8-11-14(9-13(12)17)20-18-15(11)10-6-4-3-5-7-10;1-16(2,19)12-9-14-11(8-13(12)17)15(18-20-14)10-6-4-3-5-7-10;1-16(2,19)12-8-11-14(9-13(12)17)20-18-15(11)10-6-4-3-5-7-10;1-11(2,13)8-6-10-7(3-4-14-10)5-9(8)12;1-11(2,13)8-5-7-3-4-14-10(7)6-9(8)12/h2*3-10,20H,17H2,1-2H3;4*3-9,19H,17H2,1-2H3;2*3-6,13H,12H2,1-2H3. The van der Waals surface area contributed by atoms with Gasteiger partial charge in [-0.15, -0.1) is 22.7 Å². The van der Waals surface area contributed by atoms with Crippen LogP contribution in [0.4, 0.5) is 45.5 Å². The number of hydrogen-bond donors (Lipinski definition) is 16. The molecule has 30 heteroatoms. The lowest BCUT2D eigenvalue weighted by Crippen LogP contribution is -2.17. The Balaban J connectivity index is 0.000000127. The predicted molar refractivity (Wildman–Crippen MR) is 612 cm³/mol. The molecule has 0 aliphatic heterocycles. The lowest BCUT2D eigenvalue weighted by molar-refractivity contribution is 0.0788. The van der Waals surface area contributed by atoms with Crippen LogP contribution >= 0.6 is 45.7 Å². The van der Waals surface area contributed by atoms with Crippen molar-refractivity contribution in [2.75, 3.05) is 45.9 Å². The Morgan fingerprint density at radius 1 is 0.250 bits per heavy atom. The normalized spacial score (nSPS) is 12.0. The zero-order valence-electron chi connectivity index (χ0n) is 85.2. The molecule has 0 fully saturated rings. The first-order valence-electron chi connectivity index (χ1n) is 47.7. The molecule has 0 amide bonds. The number of nitrogen functional groups attached to an aromatic ring is 8. The van der Waals surface area contributed by atoms with Crippen LogP contribution in [-0.2, 0) is 44.8 Å². The minimum atomic E-state index is -1.02. The van der Waals surface area contributed by atoms with Crippen molar-refractivity contribution in [3.05, 3.63) is 359 Å². The molecule has 14 aromatic carbocycles. The number of hydrogen-bond acceptors (Lipinski definition) is 28. The molecule has 0 unspecified atom stereocenters. The second kappa shape index (κ2) is 43.0. The van der Waals surface area contributed by atoms with Gasteiger partial charge in [-0.3, -0.25) is 9.13 Å². The molecule has 8 aromatic heterocycles. The highest BCUT2D eigenvalue weighted by Gasteiger charge is 2.30. The van der Waals surface area contributed by atoms with Crippen molar-refractivity contribution in [3.8, 4) is 56.4 Å². The Kier molecular flexibility index (Phi) is 31.1. The highest BCUT2D eigenvalue weighted by atomic mass is 32.1. The smallest absolute Gasteiger partial charge is 0.169 e. The van der Waals surface area contributed by atoms with Gasteiger partial charge in [0.25, 0.3) is 0 Å². The van der Waals surface area contributed by atoms with Crippen LogP contribution < -0.4 is 45.9 Å². The summed E-state index contributed by atoms with van der Waals surface area (Å²) in [6.07, 6.45) is 3.54. The maximum atomic E-state index is 10.2. The summed E-state index contributed by atoms with van der Waals surface area (Å²) in [6, 6.07) is 93.7. The Morgan fingerprint density at radius 3 is 0.959 bits per heavy atom. The van der Waals surface area contributed by atoms with Gasteiger partial charge < -0.3 is 95.8 Å². The summed E-state index contributed by atoms with van der Waals surface area (Å²) in [4.78, 5) is 8.79. The first kappa shape index (κ1) is 107. The molecule has 26 nitrogen and oxygen atoms in total. The fraction of sp³-hybridized carbons (Fsp3) is 0.203. The lowest BCUT2D eigenvalue weighted by Gasteiger charge is -2.20. The third-order valence-corrected chi connectivity index (χ3v) is 28.2. The minimum Gasteiger partial charge on any atom is -0.398 e. The maximum absolute atomic E-state index is 10.2. The number of aliphatic hydroxyl groups is 8. The fourth-order valence-electron chi connectivity index (χ4n) is 17.2. The number of imidazole rings is 2. The molecule has 0 spiro atoms. The van der Waals surface area contributed by atoms with Crippen LogP contribution in [-0.4, -0.2) is 79.0 Å². The molecule has 0 bridgehead atoms. The number of aromatic nitrogens is 8. The van der Waals surface area contributed by atoms with E-state index in [-0.39, 0.29) is 0 Å². The lowest BCUT2D eigenvalue weighted by atomic mass is 9.94. The van der Waals surface area contributed by atoms with Crippen LogP contribution in [0.3, 0.4) is 0 Å². The first-order valence-corrected chi connectivity index (χ1v) is 51.0. The summed E-state index contributed by atoms with van der Waals surface area (Å²) in [6.45, 7) is 27.7. The molecule has 0 atom stereocenters. The molecule has 0 aliphatic carbocycles. The van der Waals surface area contributed by atoms with E-state index in [0.29, 0.717) is 78.9 Å². The SMILES string of the molecule is CC(C)(O)c1cc2c(-c3ccccc3)noc2cc1N.CC(C)(O)c1cc2c(-c3ccccc3)nsc2cc1N.CC(C)(O)c1cc2c(cc1N)ncn2-c1ccccc1.CC(C)(O)c1cc2ccsc2cc1N.CC(C)(O)c1cc2ncn(-c3ccccc3)c2cc1N.CC(C)(O)c1cc2onc(-c3ccccc3)c2cc1N.CC(C)(O)c1cc2sccc2cc1N.CC(C)(O)c1cc2snc(-c3ccccc3)c2cc1N. The zero-order chi connectivity index (χ0) is 107. The maximum Gasteiger partial charge on any atom is 0.169 e. The first-order chi connectivity index (χ1) is 69.8. The summed E-state index contributed by atoms with van der Waals surface area (Å²) in [5.41, 5.74) is 65.1. The molecule has 22 aromatic rings. The molecule has 0 aliphatic rings. The van der Waals surface area contributed by atoms with Gasteiger partial charge in [-0.05, 0) is 283 Å². The second-order valence-electron chi connectivity index (χ2n) is 40.4. The van der Waals surface area contributed by atoms with Crippen molar-refractivity contribution in [1.82, 2.24) is 38.2 Å². The molecular formula is C118H124N16O10S4. The highest BCUT2D eigenvalue weighted by Crippen LogP contribution is 2.44. The summed E-state index contributed by atoms with van der Waals surface area (Å²) in [5, 5.41) is 99.2. The molecule has 0 radical (unpaired) electrons. The van der Waals surface area contributed by atoms with Crippen LogP contribution in [0.5, 0.6) is 0 Å². The van der Waals surface area contributed by atoms with Gasteiger partial charge in [0.1, 0.15) is 24.0 Å². The number of thiophene rings is 2. The fourth-order valence-corrected chi connectivity index (χ4v) is 20.5. The van der Waals surface area contributed by atoms with Crippen molar-refractivity contribution in [3.63, 3.8) is 0 Å². The average Bonchev–Trinajstić information content (AvgIpc) is 1.63. The van der Waals surface area contributed by atoms with E-state index < -0.39 is 44.8 Å². The van der Waals surface area contributed by atoms with E-state index in [0.717, 1.165) is 152 Å². The Morgan fingerprint density at radius 2 is 0.527 bits per heavy atom. The van der Waals surface area contributed by atoms with E-state index in [1.54, 1.807) is 158 Å². The number of benzene rings is 14. The Labute approximate surface area is 874 Å². The van der Waals surface area contributed by atoms with Gasteiger partial charge in [-0.2, -0.15) is 8.75 Å². The Bertz CT molecular complexity index is 7680. The van der Waals surface area contributed by atoms with E-state index in [1.807, 2.05) is 299 Å². The topological polar surface area (TPSA) is 483 Å². The minimum absolute atomic E-state index is 0.501. The van der Waals surface area contributed by atoms with E-state index in [9.17, 15) is 40.9 Å². The van der Waals surface area contributed by atoms with Crippen molar-refractivity contribution in [1.29, 1.82) is 0 Å². The summed E-state index contributed by atoms with van der Waals surface area (Å²) < 4.78 is 28.2. The van der Waals surface area contributed by atoms with Crippen molar-refractivity contribution in [2.45, 2.75) is 156 Å². The summed E-state index contributed by atoms with van der Waals surface area (Å²) in [5.74, 6) is 0. The number of rotatable bonds is 14. The molecule has 148 heavy (non-hydrogen) atoms. The van der Waals surface area contributed by atoms with Crippen LogP contribution in [0.15, 0.2) is 324 Å². The molecule has 0 saturated heterocycles. The van der Waals surface area contributed by atoms with Gasteiger partial charge in [-0.25, -0.2) is 9.97 Å². The van der Waals surface area contributed by atoms with Crippen LogP contribution in [0.1, 0.15) is 155 Å². The van der Waals surface area contributed by atoms with Crippen molar-refractivity contribution < 1.29 is 49.9 Å². The van der Waals surface area contributed by atoms with Gasteiger partial charge in [0.05, 0.1) is 98.4 Å². The number of para-hydroxylation sites is 2. The quantitative estimate of drug-likeness (QED) is 0.0450. The number of nitrogens with zero attached hydrogens (tertiary/aromatic N) is 8. The van der Waals surface area contributed by atoms with Crippen molar-refractivity contribution >= 4 is 176 Å². The van der Waals surface area contributed by atoms with Gasteiger partial charge >= 0.3 is 0 Å². The van der Waals surface area contributed by atoms with E-state index in [4.69, 9.17) is 54.9 Å². The average molecular weight is 2050 g/mol. The highest BCUT2D eigenvalue weighted by molar-refractivity contribution is 7.17. The van der Waals surface area contributed by atoms with Crippen LogP contribution in [0.25, 0.3) is 141 Å². The largest absolute Gasteiger partial charge is 0.398 e.